The lowest BCUT2D eigenvalue weighted by atomic mass is 9.72. The maximum atomic E-state index is 14.7. The number of carbonyl (C=O) groups excluding carboxylic acids is 3. The molecule has 1 fully saturated rings. The van der Waals surface area contributed by atoms with Gasteiger partial charge >= 0.3 is 6.18 Å². The fraction of sp³-hybridized carbons (Fsp3) is 0.522. The molecule has 0 aromatic heterocycles. The summed E-state index contributed by atoms with van der Waals surface area (Å²) in [6.45, 7) is 3.89. The minimum atomic E-state index is -5.24. The number of hydrogen-bond acceptors (Lipinski definition) is 4. The lowest BCUT2D eigenvalue weighted by Crippen LogP contribution is -2.66. The highest BCUT2D eigenvalue weighted by molar-refractivity contribution is 6.30. The second-order valence-corrected chi connectivity index (χ2v) is 9.96. The quantitative estimate of drug-likeness (QED) is 0.700. The number of halogens is 4. The van der Waals surface area contributed by atoms with E-state index in [1.165, 1.54) is 24.3 Å². The fourth-order valence-electron chi connectivity index (χ4n) is 4.85. The number of ketones is 1. The third kappa shape index (κ3) is 4.05. The lowest BCUT2D eigenvalue weighted by molar-refractivity contribution is -0.191. The van der Waals surface area contributed by atoms with E-state index >= 15 is 0 Å². The maximum Gasteiger partial charge on any atom is 0.425 e. The van der Waals surface area contributed by atoms with Crippen LogP contribution in [0.1, 0.15) is 49.9 Å². The van der Waals surface area contributed by atoms with Gasteiger partial charge in [0.25, 0.3) is 11.8 Å². The Bertz CT molecular complexity index is 1030. The molecule has 2 atom stereocenters. The predicted octanol–water partition coefficient (Wildman–Crippen LogP) is 4.04. The Labute approximate surface area is 194 Å². The molecule has 0 saturated carbocycles. The Balaban J connectivity index is 1.83. The Hall–Kier alpha value is -2.39. The van der Waals surface area contributed by atoms with Gasteiger partial charge in [-0.15, -0.1) is 0 Å². The fourth-order valence-corrected chi connectivity index (χ4v) is 4.98. The van der Waals surface area contributed by atoms with Gasteiger partial charge in [-0.25, -0.2) is 0 Å². The summed E-state index contributed by atoms with van der Waals surface area (Å²) in [6.07, 6.45) is -4.41. The molecule has 2 aliphatic heterocycles. The van der Waals surface area contributed by atoms with Crippen molar-refractivity contribution >= 4 is 29.2 Å². The summed E-state index contributed by atoms with van der Waals surface area (Å²) in [5.41, 5.74) is -4.86. The molecule has 1 aromatic rings. The number of nitrogens with zero attached hydrogens (tertiary/aromatic N) is 1. The first-order valence-corrected chi connectivity index (χ1v) is 11.1. The van der Waals surface area contributed by atoms with Crippen molar-refractivity contribution in [3.05, 3.63) is 46.1 Å². The van der Waals surface area contributed by atoms with E-state index in [4.69, 9.17) is 16.3 Å². The van der Waals surface area contributed by atoms with E-state index in [0.29, 0.717) is 18.1 Å². The number of Topliss-reactive ketones (excluding diaryl/α,β-unsaturated/α-hetero) is 1. The number of ether oxygens (including phenoxy) is 1. The third-order valence-corrected chi connectivity index (χ3v) is 6.61. The van der Waals surface area contributed by atoms with Crippen molar-refractivity contribution < 1.29 is 32.3 Å². The molecule has 3 aliphatic rings. The maximum absolute atomic E-state index is 14.7. The van der Waals surface area contributed by atoms with Crippen molar-refractivity contribution in [3.8, 4) is 0 Å². The zero-order valence-electron chi connectivity index (χ0n) is 18.2. The van der Waals surface area contributed by atoms with Gasteiger partial charge in [-0.1, -0.05) is 25.4 Å². The summed E-state index contributed by atoms with van der Waals surface area (Å²) in [7, 11) is 0. The Morgan fingerprint density at radius 2 is 1.88 bits per heavy atom. The van der Waals surface area contributed by atoms with E-state index < -0.39 is 46.4 Å². The minimum absolute atomic E-state index is 0.0190. The summed E-state index contributed by atoms with van der Waals surface area (Å²) in [4.78, 5) is 40.5. The van der Waals surface area contributed by atoms with E-state index in [1.807, 2.05) is 5.32 Å². The SMILES string of the molecule is CC1(C)CC(=O)C2=C(C1)N(C[C@H]1CCCO1)C(=O)[C@@]2(NC(=O)c1ccc(Cl)cc1)C(F)(F)F. The number of rotatable bonds is 4. The highest BCUT2D eigenvalue weighted by Crippen LogP contribution is 2.52. The van der Waals surface area contributed by atoms with E-state index in [0.717, 1.165) is 11.3 Å². The molecule has 2 amide bonds. The summed E-state index contributed by atoms with van der Waals surface area (Å²) >= 11 is 5.81. The molecule has 178 valence electrons. The van der Waals surface area contributed by atoms with Crippen LogP contribution >= 0.6 is 11.6 Å². The number of nitrogens with one attached hydrogen (secondary N) is 1. The van der Waals surface area contributed by atoms with Crippen LogP contribution in [0.5, 0.6) is 0 Å². The predicted molar refractivity (Wildman–Crippen MR) is 113 cm³/mol. The van der Waals surface area contributed by atoms with Gasteiger partial charge in [-0.3, -0.25) is 14.4 Å². The van der Waals surface area contributed by atoms with Crippen LogP contribution in [0.25, 0.3) is 0 Å². The molecule has 4 rings (SSSR count). The molecular formula is C23H24ClF3N2O4. The molecule has 1 saturated heterocycles. The largest absolute Gasteiger partial charge is 0.425 e. The van der Waals surface area contributed by atoms with Gasteiger partial charge in [-0.05, 0) is 48.9 Å². The topological polar surface area (TPSA) is 75.7 Å². The van der Waals surface area contributed by atoms with Crippen molar-refractivity contribution in [1.82, 2.24) is 10.2 Å². The average molecular weight is 485 g/mol. The minimum Gasteiger partial charge on any atom is -0.376 e. The number of allylic oxidation sites excluding steroid dienone is 1. The first-order chi connectivity index (χ1) is 15.4. The molecule has 1 aromatic carbocycles. The summed E-state index contributed by atoms with van der Waals surface area (Å²) in [5.74, 6) is -3.29. The highest BCUT2D eigenvalue weighted by Gasteiger charge is 2.71. The zero-order valence-corrected chi connectivity index (χ0v) is 19.0. The zero-order chi connectivity index (χ0) is 24.2. The molecule has 0 spiro atoms. The van der Waals surface area contributed by atoms with Crippen LogP contribution in [0.15, 0.2) is 35.5 Å². The molecule has 2 heterocycles. The molecule has 1 N–H and O–H groups in total. The van der Waals surface area contributed by atoms with Gasteiger partial charge in [-0.2, -0.15) is 13.2 Å². The van der Waals surface area contributed by atoms with Crippen molar-refractivity contribution in [2.75, 3.05) is 13.2 Å². The molecule has 33 heavy (non-hydrogen) atoms. The normalized spacial score (nSPS) is 27.2. The molecule has 1 aliphatic carbocycles. The van der Waals surface area contributed by atoms with Crippen LogP contribution in [-0.2, 0) is 14.3 Å². The molecular weight excluding hydrogens is 461 g/mol. The lowest BCUT2D eigenvalue weighted by Gasteiger charge is -2.35. The first-order valence-electron chi connectivity index (χ1n) is 10.7. The second kappa shape index (κ2) is 8.13. The molecule has 0 unspecified atom stereocenters. The molecule has 10 heteroatoms. The van der Waals surface area contributed by atoms with Crippen molar-refractivity contribution in [1.29, 1.82) is 0 Å². The van der Waals surface area contributed by atoms with E-state index in [9.17, 15) is 27.6 Å². The number of hydrogen-bond donors (Lipinski definition) is 1. The van der Waals surface area contributed by atoms with Gasteiger partial charge in [0.2, 0.25) is 5.54 Å². The van der Waals surface area contributed by atoms with Crippen LogP contribution in [0.2, 0.25) is 5.02 Å². The highest BCUT2D eigenvalue weighted by atomic mass is 35.5. The van der Waals surface area contributed by atoms with Crippen LogP contribution in [0.4, 0.5) is 13.2 Å². The second-order valence-electron chi connectivity index (χ2n) is 9.52. The summed E-state index contributed by atoms with van der Waals surface area (Å²) in [5, 5.41) is 2.21. The first kappa shape index (κ1) is 23.8. The average Bonchev–Trinajstić information content (AvgIpc) is 3.29. The number of benzene rings is 1. The van der Waals surface area contributed by atoms with Crippen LogP contribution in [-0.4, -0.2) is 53.5 Å². The number of carbonyl (C=O) groups is 3. The van der Waals surface area contributed by atoms with Crippen LogP contribution in [0, 0.1) is 5.41 Å². The van der Waals surface area contributed by atoms with Gasteiger partial charge in [0, 0.05) is 29.3 Å². The number of alkyl halides is 3. The van der Waals surface area contributed by atoms with Crippen LogP contribution < -0.4 is 5.32 Å². The monoisotopic (exact) mass is 484 g/mol. The van der Waals surface area contributed by atoms with Gasteiger partial charge in [0.05, 0.1) is 18.2 Å². The van der Waals surface area contributed by atoms with Crippen molar-refractivity contribution in [3.63, 3.8) is 0 Å². The Morgan fingerprint density at radius 3 is 2.45 bits per heavy atom. The van der Waals surface area contributed by atoms with Crippen LogP contribution in [0.3, 0.4) is 0 Å². The van der Waals surface area contributed by atoms with E-state index in [-0.39, 0.29) is 30.6 Å². The van der Waals surface area contributed by atoms with Gasteiger partial charge < -0.3 is 15.0 Å². The summed E-state index contributed by atoms with van der Waals surface area (Å²) < 4.78 is 49.7. The number of amides is 2. The smallest absolute Gasteiger partial charge is 0.376 e. The summed E-state index contributed by atoms with van der Waals surface area (Å²) in [6, 6.07) is 5.23. The van der Waals surface area contributed by atoms with E-state index in [1.54, 1.807) is 13.8 Å². The van der Waals surface area contributed by atoms with Crippen molar-refractivity contribution in [2.45, 2.75) is 57.3 Å². The molecule has 0 bridgehead atoms. The van der Waals surface area contributed by atoms with Gasteiger partial charge in [0.15, 0.2) is 5.78 Å². The molecule has 0 radical (unpaired) electrons. The molecule has 6 nitrogen and oxygen atoms in total. The standard InChI is InChI=1S/C23H24ClF3N2O4/c1-21(2)10-16-18(17(30)11-21)22(23(25,26)27,20(32)29(16)12-15-4-3-9-33-15)28-19(31)13-5-7-14(24)8-6-13/h5-8,15H,3-4,9-12H2,1-2H3,(H,28,31)/t15-,22-/m1/s1. The van der Waals surface area contributed by atoms with Crippen molar-refractivity contribution in [2.24, 2.45) is 5.41 Å². The Kier molecular flexibility index (Phi) is 5.85. The van der Waals surface area contributed by atoms with Gasteiger partial charge in [0.1, 0.15) is 0 Å². The Morgan fingerprint density at radius 1 is 1.21 bits per heavy atom. The third-order valence-electron chi connectivity index (χ3n) is 6.36. The van der Waals surface area contributed by atoms with E-state index in [2.05, 4.69) is 0 Å².